The third kappa shape index (κ3) is 5.56. The lowest BCUT2D eigenvalue weighted by Crippen LogP contribution is -2.04. The number of unbranched alkanes of at least 4 members (excludes halogenated alkanes) is 2. The molecule has 0 aliphatic heterocycles. The molecule has 21 heavy (non-hydrogen) atoms. The molecule has 0 radical (unpaired) electrons. The number of hydrogen-bond acceptors (Lipinski definition) is 4. The third-order valence-electron chi connectivity index (χ3n) is 3.35. The van der Waals surface area contributed by atoms with E-state index in [2.05, 4.69) is 6.07 Å². The number of ether oxygens (including phenoxy) is 1. The molecule has 1 unspecified atom stereocenters. The lowest BCUT2D eigenvalue weighted by Gasteiger charge is -2.16. The Hall–Kier alpha value is -1.25. The second kappa shape index (κ2) is 8.26. The average Bonchev–Trinajstić information content (AvgIpc) is 2.45. The van der Waals surface area contributed by atoms with E-state index in [9.17, 15) is 8.42 Å². The van der Waals surface area contributed by atoms with Crippen molar-refractivity contribution in [2.45, 2.75) is 50.3 Å². The first-order valence-electron chi connectivity index (χ1n) is 6.98. The number of hydrogen-bond donors (Lipinski definition) is 0. The van der Waals surface area contributed by atoms with Gasteiger partial charge in [0.25, 0.3) is 9.05 Å². The van der Waals surface area contributed by atoms with Gasteiger partial charge < -0.3 is 4.74 Å². The van der Waals surface area contributed by atoms with Crippen LogP contribution in [-0.4, -0.2) is 15.0 Å². The van der Waals surface area contributed by atoms with Gasteiger partial charge in [-0.25, -0.2) is 8.42 Å². The van der Waals surface area contributed by atoms with Gasteiger partial charge in [-0.2, -0.15) is 5.26 Å². The van der Waals surface area contributed by atoms with Crippen molar-refractivity contribution < 1.29 is 13.2 Å². The number of nitriles is 1. The van der Waals surface area contributed by atoms with Crippen molar-refractivity contribution in [2.24, 2.45) is 0 Å². The van der Waals surface area contributed by atoms with Gasteiger partial charge in [0.1, 0.15) is 5.75 Å². The molecule has 4 nitrogen and oxygen atoms in total. The quantitative estimate of drug-likeness (QED) is 0.529. The van der Waals surface area contributed by atoms with Gasteiger partial charge >= 0.3 is 0 Å². The molecule has 0 N–H and O–H groups in total. The number of nitrogens with zero attached hydrogens (tertiary/aromatic N) is 1. The fraction of sp³-hybridized carbons (Fsp3) is 0.533. The van der Waals surface area contributed by atoms with E-state index >= 15 is 0 Å². The van der Waals surface area contributed by atoms with Crippen LogP contribution in [0.2, 0.25) is 0 Å². The third-order valence-corrected chi connectivity index (χ3v) is 4.70. The van der Waals surface area contributed by atoms with E-state index in [1.165, 1.54) is 6.07 Å². The van der Waals surface area contributed by atoms with Crippen molar-refractivity contribution in [1.29, 1.82) is 5.26 Å². The zero-order chi connectivity index (χ0) is 15.9. The van der Waals surface area contributed by atoms with Crippen LogP contribution in [0.1, 0.15) is 51.0 Å². The second-order valence-corrected chi connectivity index (χ2v) is 7.48. The minimum atomic E-state index is -3.74. The van der Waals surface area contributed by atoms with Crippen molar-refractivity contribution in [3.8, 4) is 11.8 Å². The van der Waals surface area contributed by atoms with Crippen molar-refractivity contribution in [1.82, 2.24) is 0 Å². The van der Waals surface area contributed by atoms with Gasteiger partial charge in [0, 0.05) is 17.1 Å². The van der Waals surface area contributed by atoms with E-state index in [1.807, 2.05) is 13.8 Å². The first-order chi connectivity index (χ1) is 9.90. The molecule has 0 fully saturated rings. The molecule has 1 atom stereocenters. The summed E-state index contributed by atoms with van der Waals surface area (Å²) in [5.41, 5.74) is 0.847. The molecule has 1 aromatic carbocycles. The highest BCUT2D eigenvalue weighted by Crippen LogP contribution is 2.32. The van der Waals surface area contributed by atoms with Gasteiger partial charge in [-0.15, -0.1) is 0 Å². The van der Waals surface area contributed by atoms with E-state index in [-0.39, 0.29) is 10.8 Å². The number of halogens is 1. The van der Waals surface area contributed by atoms with Gasteiger partial charge in [0.2, 0.25) is 0 Å². The van der Waals surface area contributed by atoms with Crippen molar-refractivity contribution >= 4 is 19.7 Å². The Morgan fingerprint density at radius 3 is 2.67 bits per heavy atom. The van der Waals surface area contributed by atoms with E-state index in [0.717, 1.165) is 24.8 Å². The molecular formula is C15H20ClNO3S. The Morgan fingerprint density at radius 1 is 1.38 bits per heavy atom. The number of rotatable bonds is 8. The second-order valence-electron chi connectivity index (χ2n) is 4.91. The largest absolute Gasteiger partial charge is 0.493 e. The lowest BCUT2D eigenvalue weighted by molar-refractivity contribution is 0.302. The SMILES string of the molecule is CCC(C)c1cc(S(=O)(=O)Cl)ccc1OCCCCC#N. The fourth-order valence-corrected chi connectivity index (χ4v) is 2.69. The summed E-state index contributed by atoms with van der Waals surface area (Å²) < 4.78 is 28.6. The van der Waals surface area contributed by atoms with E-state index < -0.39 is 9.05 Å². The van der Waals surface area contributed by atoms with E-state index in [4.69, 9.17) is 20.7 Å². The predicted molar refractivity (Wildman–Crippen MR) is 83.1 cm³/mol. The van der Waals surface area contributed by atoms with E-state index in [1.54, 1.807) is 12.1 Å². The molecule has 0 aliphatic carbocycles. The van der Waals surface area contributed by atoms with E-state index in [0.29, 0.717) is 18.8 Å². The zero-order valence-electron chi connectivity index (χ0n) is 12.3. The predicted octanol–water partition coefficient (Wildman–Crippen LogP) is 4.20. The van der Waals surface area contributed by atoms with Crippen molar-refractivity contribution in [2.75, 3.05) is 6.61 Å². The maximum absolute atomic E-state index is 11.4. The summed E-state index contributed by atoms with van der Waals surface area (Å²) in [4.78, 5) is 0.0938. The summed E-state index contributed by atoms with van der Waals surface area (Å²) in [6.07, 6.45) is 2.98. The fourth-order valence-electron chi connectivity index (χ4n) is 1.90. The molecule has 0 saturated heterocycles. The van der Waals surface area contributed by atoms with Gasteiger partial charge in [-0.3, -0.25) is 0 Å². The Morgan fingerprint density at radius 2 is 2.10 bits per heavy atom. The highest BCUT2D eigenvalue weighted by atomic mass is 35.7. The monoisotopic (exact) mass is 329 g/mol. The van der Waals surface area contributed by atoms with Crippen LogP contribution in [0.4, 0.5) is 0 Å². The molecule has 0 amide bonds. The molecule has 0 bridgehead atoms. The first kappa shape index (κ1) is 17.8. The molecule has 6 heteroatoms. The Balaban J connectivity index is 2.90. The lowest BCUT2D eigenvalue weighted by atomic mass is 9.98. The van der Waals surface area contributed by atoms with Crippen LogP contribution in [0.25, 0.3) is 0 Å². The van der Waals surface area contributed by atoms with Gasteiger partial charge in [0.15, 0.2) is 0 Å². The minimum absolute atomic E-state index is 0.0938. The van der Waals surface area contributed by atoms with Crippen molar-refractivity contribution in [3.63, 3.8) is 0 Å². The smallest absolute Gasteiger partial charge is 0.261 e. The number of benzene rings is 1. The normalized spacial score (nSPS) is 12.7. The highest BCUT2D eigenvalue weighted by molar-refractivity contribution is 8.13. The van der Waals surface area contributed by atoms with Crippen LogP contribution >= 0.6 is 10.7 Å². The summed E-state index contributed by atoms with van der Waals surface area (Å²) in [6.45, 7) is 4.56. The van der Waals surface area contributed by atoms with Gasteiger partial charge in [-0.05, 0) is 48.9 Å². The average molecular weight is 330 g/mol. The molecular weight excluding hydrogens is 310 g/mol. The molecule has 0 spiro atoms. The summed E-state index contributed by atoms with van der Waals surface area (Å²) >= 11 is 0. The zero-order valence-corrected chi connectivity index (χ0v) is 13.9. The van der Waals surface area contributed by atoms with Gasteiger partial charge in [0.05, 0.1) is 17.6 Å². The Kier molecular flexibility index (Phi) is 7.00. The standard InChI is InChI=1S/C15H20ClNO3S/c1-3-12(2)14-11-13(21(16,18)19)7-8-15(14)20-10-6-4-5-9-17/h7-8,11-12H,3-6,10H2,1-2H3. The molecule has 0 heterocycles. The van der Waals surface area contributed by atoms with Crippen LogP contribution in [0.15, 0.2) is 23.1 Å². The summed E-state index contributed by atoms with van der Waals surface area (Å²) in [5, 5.41) is 8.48. The summed E-state index contributed by atoms with van der Waals surface area (Å²) in [7, 11) is 1.66. The van der Waals surface area contributed by atoms with Crippen LogP contribution in [-0.2, 0) is 9.05 Å². The topological polar surface area (TPSA) is 67.2 Å². The molecule has 0 saturated carbocycles. The molecule has 116 valence electrons. The van der Waals surface area contributed by atoms with Crippen molar-refractivity contribution in [3.05, 3.63) is 23.8 Å². The van der Waals surface area contributed by atoms with Gasteiger partial charge in [-0.1, -0.05) is 13.8 Å². The maximum Gasteiger partial charge on any atom is 0.261 e. The summed E-state index contributed by atoms with van der Waals surface area (Å²) in [6, 6.07) is 6.79. The minimum Gasteiger partial charge on any atom is -0.493 e. The first-order valence-corrected chi connectivity index (χ1v) is 9.29. The van der Waals surface area contributed by atoms with Crippen LogP contribution in [0.3, 0.4) is 0 Å². The molecule has 1 rings (SSSR count). The maximum atomic E-state index is 11.4. The molecule has 1 aromatic rings. The van der Waals surface area contributed by atoms with Crippen LogP contribution in [0, 0.1) is 11.3 Å². The molecule has 0 aliphatic rings. The Bertz CT molecular complexity index is 608. The Labute approximate surface area is 131 Å². The van der Waals surface area contributed by atoms with Crippen LogP contribution < -0.4 is 4.74 Å². The van der Waals surface area contributed by atoms with Crippen LogP contribution in [0.5, 0.6) is 5.75 Å². The highest BCUT2D eigenvalue weighted by Gasteiger charge is 2.16. The molecule has 0 aromatic heterocycles. The summed E-state index contributed by atoms with van der Waals surface area (Å²) in [5.74, 6) is 0.864.